The molecule has 2 amide bonds. The van der Waals surface area contributed by atoms with E-state index in [2.05, 4.69) is 0 Å². The molecule has 156 valence electrons. The number of para-hydroxylation sites is 2. The number of carbonyl (C=O) groups is 2. The van der Waals surface area contributed by atoms with Gasteiger partial charge >= 0.3 is 0 Å². The van der Waals surface area contributed by atoms with Crippen molar-refractivity contribution in [1.29, 1.82) is 0 Å². The monoisotopic (exact) mass is 431 g/mol. The zero-order valence-electron chi connectivity index (χ0n) is 17.0. The number of imide groups is 1. The molecule has 1 fully saturated rings. The Morgan fingerprint density at radius 3 is 2.19 bits per heavy atom. The van der Waals surface area contributed by atoms with E-state index in [1.165, 1.54) is 4.90 Å². The average molecular weight is 432 g/mol. The van der Waals surface area contributed by atoms with Crippen LogP contribution in [-0.4, -0.2) is 36.3 Å². The number of hydrogen-bond donors (Lipinski definition) is 0. The minimum Gasteiger partial charge on any atom is -0.493 e. The molecule has 1 aliphatic heterocycles. The van der Waals surface area contributed by atoms with E-state index in [-0.39, 0.29) is 24.3 Å². The lowest BCUT2D eigenvalue weighted by Gasteiger charge is -2.14. The molecule has 0 atom stereocenters. The minimum absolute atomic E-state index is 0.174. The molecule has 1 aliphatic rings. The SMILES string of the molecule is COc1ccccc1OCCN1C(=O)S/C(=C\c2ccc(-c3ccccc3)cc2)C1=O. The number of amides is 2. The lowest BCUT2D eigenvalue weighted by atomic mass is 10.0. The molecule has 0 saturated carbocycles. The molecule has 6 heteroatoms. The highest BCUT2D eigenvalue weighted by molar-refractivity contribution is 8.18. The van der Waals surface area contributed by atoms with Gasteiger partial charge in [0.15, 0.2) is 11.5 Å². The van der Waals surface area contributed by atoms with Crippen molar-refractivity contribution >= 4 is 29.0 Å². The van der Waals surface area contributed by atoms with Crippen LogP contribution in [0.15, 0.2) is 83.8 Å². The number of thioether (sulfide) groups is 1. The van der Waals surface area contributed by atoms with Crippen LogP contribution in [0.2, 0.25) is 0 Å². The highest BCUT2D eigenvalue weighted by Crippen LogP contribution is 2.33. The number of nitrogens with zero attached hydrogens (tertiary/aromatic N) is 1. The van der Waals surface area contributed by atoms with Crippen molar-refractivity contribution < 1.29 is 19.1 Å². The quantitative estimate of drug-likeness (QED) is 0.464. The summed E-state index contributed by atoms with van der Waals surface area (Å²) in [4.78, 5) is 26.7. The number of benzene rings is 3. The lowest BCUT2D eigenvalue weighted by molar-refractivity contribution is -0.123. The second-order valence-corrected chi connectivity index (χ2v) is 7.81. The molecular weight excluding hydrogens is 410 g/mol. The highest BCUT2D eigenvalue weighted by Gasteiger charge is 2.34. The zero-order chi connectivity index (χ0) is 21.6. The van der Waals surface area contributed by atoms with Gasteiger partial charge in [-0.15, -0.1) is 0 Å². The van der Waals surface area contributed by atoms with Crippen molar-refractivity contribution in [3.05, 3.63) is 89.3 Å². The Kier molecular flexibility index (Phi) is 6.38. The highest BCUT2D eigenvalue weighted by atomic mass is 32.2. The fourth-order valence-electron chi connectivity index (χ4n) is 3.23. The first-order valence-electron chi connectivity index (χ1n) is 9.82. The maximum Gasteiger partial charge on any atom is 0.293 e. The fourth-order valence-corrected chi connectivity index (χ4v) is 4.10. The lowest BCUT2D eigenvalue weighted by Crippen LogP contribution is -2.32. The summed E-state index contributed by atoms with van der Waals surface area (Å²) >= 11 is 0.949. The summed E-state index contributed by atoms with van der Waals surface area (Å²) in [6, 6.07) is 25.2. The summed E-state index contributed by atoms with van der Waals surface area (Å²) in [5.74, 6) is 0.882. The van der Waals surface area contributed by atoms with E-state index in [1.807, 2.05) is 66.7 Å². The molecule has 1 saturated heterocycles. The second kappa shape index (κ2) is 9.53. The van der Waals surface area contributed by atoms with Crippen LogP contribution in [-0.2, 0) is 4.79 Å². The first kappa shape index (κ1) is 20.8. The molecule has 4 rings (SSSR count). The molecule has 0 radical (unpaired) electrons. The van der Waals surface area contributed by atoms with Crippen LogP contribution in [0.25, 0.3) is 17.2 Å². The Labute approximate surface area is 185 Å². The van der Waals surface area contributed by atoms with Gasteiger partial charge in [0.1, 0.15) is 6.61 Å². The summed E-state index contributed by atoms with van der Waals surface area (Å²) < 4.78 is 10.9. The minimum atomic E-state index is -0.300. The third-order valence-electron chi connectivity index (χ3n) is 4.83. The van der Waals surface area contributed by atoms with Crippen LogP contribution >= 0.6 is 11.8 Å². The third kappa shape index (κ3) is 4.81. The van der Waals surface area contributed by atoms with Gasteiger partial charge in [-0.25, -0.2) is 0 Å². The standard InChI is InChI=1S/C25H21NO4S/c1-29-21-9-5-6-10-22(21)30-16-15-26-24(27)23(31-25(26)28)17-18-11-13-20(14-12-18)19-7-3-2-4-8-19/h2-14,17H,15-16H2,1H3/b23-17-. The van der Waals surface area contributed by atoms with Gasteiger partial charge in [0, 0.05) is 0 Å². The number of methoxy groups -OCH3 is 1. The van der Waals surface area contributed by atoms with Crippen molar-refractivity contribution in [2.75, 3.05) is 20.3 Å². The second-order valence-electron chi connectivity index (χ2n) is 6.82. The third-order valence-corrected chi connectivity index (χ3v) is 5.74. The van der Waals surface area contributed by atoms with Crippen LogP contribution < -0.4 is 9.47 Å². The van der Waals surface area contributed by atoms with Gasteiger partial charge in [0.2, 0.25) is 0 Å². The largest absolute Gasteiger partial charge is 0.493 e. The first-order valence-corrected chi connectivity index (χ1v) is 10.6. The summed E-state index contributed by atoms with van der Waals surface area (Å²) in [5, 5.41) is -0.291. The van der Waals surface area contributed by atoms with E-state index in [0.29, 0.717) is 16.4 Å². The molecule has 3 aromatic rings. The topological polar surface area (TPSA) is 55.8 Å². The maximum absolute atomic E-state index is 12.7. The van der Waals surface area contributed by atoms with Crippen LogP contribution in [0.3, 0.4) is 0 Å². The molecule has 0 aromatic heterocycles. The average Bonchev–Trinajstić information content (AvgIpc) is 3.07. The molecule has 3 aromatic carbocycles. The van der Waals surface area contributed by atoms with Crippen LogP contribution in [0.1, 0.15) is 5.56 Å². The number of carbonyl (C=O) groups excluding carboxylic acids is 2. The van der Waals surface area contributed by atoms with Crippen molar-refractivity contribution in [2.24, 2.45) is 0 Å². The van der Waals surface area contributed by atoms with Crippen LogP contribution in [0, 0.1) is 0 Å². The van der Waals surface area contributed by atoms with E-state index in [0.717, 1.165) is 28.5 Å². The van der Waals surface area contributed by atoms with Gasteiger partial charge in [-0.2, -0.15) is 0 Å². The fraction of sp³-hybridized carbons (Fsp3) is 0.120. The van der Waals surface area contributed by atoms with E-state index < -0.39 is 0 Å². The number of rotatable bonds is 7. The molecule has 0 unspecified atom stereocenters. The predicted octanol–water partition coefficient (Wildman–Crippen LogP) is 5.48. The van der Waals surface area contributed by atoms with Gasteiger partial charge in [-0.1, -0.05) is 66.7 Å². The Morgan fingerprint density at radius 2 is 1.48 bits per heavy atom. The van der Waals surface area contributed by atoms with Crippen molar-refractivity contribution in [3.8, 4) is 22.6 Å². The van der Waals surface area contributed by atoms with Crippen molar-refractivity contribution in [1.82, 2.24) is 4.90 Å². The molecule has 1 heterocycles. The van der Waals surface area contributed by atoms with Crippen LogP contribution in [0.5, 0.6) is 11.5 Å². The van der Waals surface area contributed by atoms with E-state index in [1.54, 1.807) is 25.3 Å². The van der Waals surface area contributed by atoms with E-state index >= 15 is 0 Å². The maximum atomic E-state index is 12.7. The molecule has 0 N–H and O–H groups in total. The normalized spacial score (nSPS) is 14.9. The summed E-state index contributed by atoms with van der Waals surface area (Å²) in [6.45, 7) is 0.366. The van der Waals surface area contributed by atoms with E-state index in [4.69, 9.17) is 9.47 Å². The molecule has 0 aliphatic carbocycles. The molecule has 0 spiro atoms. The van der Waals surface area contributed by atoms with Gasteiger partial charge in [0.25, 0.3) is 11.1 Å². The van der Waals surface area contributed by atoms with Crippen molar-refractivity contribution in [3.63, 3.8) is 0 Å². The number of ether oxygens (including phenoxy) is 2. The Morgan fingerprint density at radius 1 is 0.839 bits per heavy atom. The Balaban J connectivity index is 1.40. The van der Waals surface area contributed by atoms with E-state index in [9.17, 15) is 9.59 Å². The summed E-state index contributed by atoms with van der Waals surface area (Å²) in [7, 11) is 1.57. The number of hydrogen-bond acceptors (Lipinski definition) is 5. The Hall–Kier alpha value is -3.51. The molecular formula is C25H21NO4S. The van der Waals surface area contributed by atoms with Gasteiger partial charge in [-0.3, -0.25) is 14.5 Å². The van der Waals surface area contributed by atoms with Gasteiger partial charge in [-0.05, 0) is 46.7 Å². The Bertz CT molecular complexity index is 1110. The summed E-state index contributed by atoms with van der Waals surface area (Å²) in [6.07, 6.45) is 1.75. The summed E-state index contributed by atoms with van der Waals surface area (Å²) in [5.41, 5.74) is 3.10. The van der Waals surface area contributed by atoms with Gasteiger partial charge in [0.05, 0.1) is 18.6 Å². The van der Waals surface area contributed by atoms with Crippen molar-refractivity contribution in [2.45, 2.75) is 0 Å². The predicted molar refractivity (Wildman–Crippen MR) is 123 cm³/mol. The molecule has 5 nitrogen and oxygen atoms in total. The smallest absolute Gasteiger partial charge is 0.293 e. The first-order chi connectivity index (χ1) is 15.2. The molecule has 31 heavy (non-hydrogen) atoms. The van der Waals surface area contributed by atoms with Crippen LogP contribution in [0.4, 0.5) is 4.79 Å². The zero-order valence-corrected chi connectivity index (χ0v) is 17.8. The van der Waals surface area contributed by atoms with Gasteiger partial charge < -0.3 is 9.47 Å². The molecule has 0 bridgehead atoms.